The Morgan fingerprint density at radius 2 is 2.05 bits per heavy atom. The van der Waals surface area contributed by atoms with Crippen molar-refractivity contribution >= 4 is 43.2 Å². The van der Waals surface area contributed by atoms with Gasteiger partial charge in [0.1, 0.15) is 4.83 Å². The van der Waals surface area contributed by atoms with Crippen LogP contribution < -0.4 is 10.4 Å². The number of halogens is 1. The molecule has 0 aliphatic heterocycles. The molecule has 0 atom stereocenters. The first-order valence-electron chi connectivity index (χ1n) is 6.48. The average molecular weight is 362 g/mol. The fourth-order valence-corrected chi connectivity index (χ4v) is 3.29. The van der Waals surface area contributed by atoms with Crippen LogP contribution in [0.1, 0.15) is 6.92 Å². The van der Waals surface area contributed by atoms with Crippen molar-refractivity contribution in [3.63, 3.8) is 0 Å². The molecule has 21 heavy (non-hydrogen) atoms. The van der Waals surface area contributed by atoms with Gasteiger partial charge < -0.3 is 0 Å². The van der Waals surface area contributed by atoms with E-state index in [-0.39, 0.29) is 5.56 Å². The van der Waals surface area contributed by atoms with E-state index in [9.17, 15) is 4.79 Å². The van der Waals surface area contributed by atoms with E-state index in [1.807, 2.05) is 31.2 Å². The Morgan fingerprint density at radius 3 is 2.76 bits per heavy atom. The second-order valence-corrected chi connectivity index (χ2v) is 6.25. The monoisotopic (exact) mass is 361 g/mol. The first kappa shape index (κ1) is 14.2. The molecule has 0 radical (unpaired) electrons. The Balaban J connectivity index is 2.31. The zero-order valence-electron chi connectivity index (χ0n) is 11.3. The first-order valence-corrected chi connectivity index (χ1v) is 8.09. The van der Waals surface area contributed by atoms with Crippen LogP contribution in [0.3, 0.4) is 0 Å². The fraction of sp³-hybridized carbons (Fsp3) is 0.133. The summed E-state index contributed by atoms with van der Waals surface area (Å²) in [6, 6.07) is 11.3. The Morgan fingerprint density at radius 1 is 1.29 bits per heavy atom. The number of nitrogens with zero attached hydrogens (tertiary/aromatic N) is 3. The normalized spacial score (nSPS) is 12.0. The van der Waals surface area contributed by atoms with Crippen LogP contribution in [0.4, 0.5) is 5.69 Å². The van der Waals surface area contributed by atoms with Crippen LogP contribution in [0.5, 0.6) is 0 Å². The summed E-state index contributed by atoms with van der Waals surface area (Å²) in [7, 11) is 0. The van der Waals surface area contributed by atoms with E-state index in [1.165, 1.54) is 11.3 Å². The fourth-order valence-electron chi connectivity index (χ4n) is 2.00. The Hall–Kier alpha value is -1.79. The Kier molecular flexibility index (Phi) is 3.98. The lowest BCUT2D eigenvalue weighted by Crippen LogP contribution is -2.31. The van der Waals surface area contributed by atoms with Crippen molar-refractivity contribution in [2.45, 2.75) is 13.5 Å². The number of rotatable bonds is 2. The maximum Gasteiger partial charge on any atom is 0.263 e. The van der Waals surface area contributed by atoms with Crippen molar-refractivity contribution in [3.05, 3.63) is 62.2 Å². The maximum atomic E-state index is 12.5. The van der Waals surface area contributed by atoms with Crippen molar-refractivity contribution in [1.29, 1.82) is 0 Å². The van der Waals surface area contributed by atoms with E-state index >= 15 is 0 Å². The molecule has 1 aromatic carbocycles. The quantitative estimate of drug-likeness (QED) is 0.701. The molecule has 6 heteroatoms. The van der Waals surface area contributed by atoms with Gasteiger partial charge in [-0.25, -0.2) is 9.98 Å². The van der Waals surface area contributed by atoms with Crippen molar-refractivity contribution in [2.75, 3.05) is 0 Å². The van der Waals surface area contributed by atoms with Crippen LogP contribution in [0.2, 0.25) is 0 Å². The molecule has 0 N–H and O–H groups in total. The van der Waals surface area contributed by atoms with Gasteiger partial charge in [0.2, 0.25) is 0 Å². The lowest BCUT2D eigenvalue weighted by Gasteiger charge is -2.04. The summed E-state index contributed by atoms with van der Waals surface area (Å²) < 4.78 is 2.68. The zero-order chi connectivity index (χ0) is 14.8. The molecule has 2 aromatic heterocycles. The number of hydrogen-bond donors (Lipinski definition) is 0. The lowest BCUT2D eigenvalue weighted by molar-refractivity contribution is 0.708. The van der Waals surface area contributed by atoms with E-state index in [0.717, 1.165) is 10.2 Å². The molecule has 0 aliphatic carbocycles. The number of fused-ring (bicyclic) bond motifs is 1. The lowest BCUT2D eigenvalue weighted by atomic mass is 10.3. The largest absolute Gasteiger partial charge is 0.284 e. The van der Waals surface area contributed by atoms with Crippen LogP contribution in [0.15, 0.2) is 56.9 Å². The van der Waals surface area contributed by atoms with Gasteiger partial charge in [-0.1, -0.05) is 27.3 Å². The molecule has 0 aliphatic rings. The molecule has 3 aromatic rings. The highest BCUT2D eigenvalue weighted by molar-refractivity contribution is 9.10. The molecule has 4 nitrogen and oxygen atoms in total. The van der Waals surface area contributed by atoms with E-state index in [0.29, 0.717) is 21.6 Å². The number of pyridine rings is 1. The molecule has 2 heterocycles. The smallest absolute Gasteiger partial charge is 0.263 e. The SMILES string of the molecule is CCn1c(=Nc2ccc(Br)cc2)sc2ncccc2c1=O. The van der Waals surface area contributed by atoms with Crippen LogP contribution >= 0.6 is 27.3 Å². The number of hydrogen-bond acceptors (Lipinski definition) is 4. The van der Waals surface area contributed by atoms with Gasteiger partial charge >= 0.3 is 0 Å². The number of aromatic nitrogens is 2. The molecular weight excluding hydrogens is 350 g/mol. The minimum atomic E-state index is -0.0461. The third-order valence-corrected chi connectivity index (χ3v) is 4.57. The predicted octanol–water partition coefficient (Wildman–Crippen LogP) is 3.47. The third-order valence-electron chi connectivity index (χ3n) is 3.03. The topological polar surface area (TPSA) is 47.2 Å². The highest BCUT2D eigenvalue weighted by atomic mass is 79.9. The summed E-state index contributed by atoms with van der Waals surface area (Å²) in [6.07, 6.45) is 1.69. The second kappa shape index (κ2) is 5.91. The molecule has 0 spiro atoms. The summed E-state index contributed by atoms with van der Waals surface area (Å²) in [4.78, 5) is 22.7. The van der Waals surface area contributed by atoms with Gasteiger partial charge in [0.05, 0.1) is 11.1 Å². The van der Waals surface area contributed by atoms with Gasteiger partial charge in [-0.3, -0.25) is 9.36 Å². The van der Waals surface area contributed by atoms with Gasteiger partial charge in [0, 0.05) is 17.2 Å². The van der Waals surface area contributed by atoms with Crippen LogP contribution in [-0.2, 0) is 6.54 Å². The van der Waals surface area contributed by atoms with Crippen LogP contribution in [-0.4, -0.2) is 9.55 Å². The first-order chi connectivity index (χ1) is 10.2. The maximum absolute atomic E-state index is 12.5. The summed E-state index contributed by atoms with van der Waals surface area (Å²) in [5.74, 6) is 0. The van der Waals surface area contributed by atoms with E-state index in [4.69, 9.17) is 0 Å². The van der Waals surface area contributed by atoms with Crippen molar-refractivity contribution < 1.29 is 0 Å². The van der Waals surface area contributed by atoms with Gasteiger partial charge in [0.25, 0.3) is 5.56 Å². The predicted molar refractivity (Wildman–Crippen MR) is 88.9 cm³/mol. The molecule has 0 bridgehead atoms. The summed E-state index contributed by atoms with van der Waals surface area (Å²) in [5.41, 5.74) is 0.765. The zero-order valence-corrected chi connectivity index (χ0v) is 13.7. The molecule has 0 amide bonds. The molecular formula is C15H12BrN3OS. The van der Waals surface area contributed by atoms with Gasteiger partial charge in [-0.2, -0.15) is 0 Å². The van der Waals surface area contributed by atoms with Crippen molar-refractivity contribution in [2.24, 2.45) is 4.99 Å². The molecule has 0 saturated carbocycles. The molecule has 0 unspecified atom stereocenters. The average Bonchev–Trinajstić information content (AvgIpc) is 2.50. The summed E-state index contributed by atoms with van der Waals surface area (Å²) in [5, 5.41) is 0.638. The molecule has 0 saturated heterocycles. The highest BCUT2D eigenvalue weighted by Crippen LogP contribution is 2.16. The highest BCUT2D eigenvalue weighted by Gasteiger charge is 2.06. The van der Waals surface area contributed by atoms with Gasteiger partial charge in [-0.05, 0) is 43.3 Å². The van der Waals surface area contributed by atoms with Gasteiger partial charge in [0.15, 0.2) is 4.80 Å². The molecule has 3 rings (SSSR count). The van der Waals surface area contributed by atoms with Crippen LogP contribution in [0, 0.1) is 0 Å². The minimum Gasteiger partial charge on any atom is -0.284 e. The van der Waals surface area contributed by atoms with Gasteiger partial charge in [-0.15, -0.1) is 0 Å². The summed E-state index contributed by atoms with van der Waals surface area (Å²) in [6.45, 7) is 2.52. The molecule has 106 valence electrons. The minimum absolute atomic E-state index is 0.0461. The third kappa shape index (κ3) is 2.82. The Labute approximate surface area is 133 Å². The molecule has 0 fully saturated rings. The second-order valence-electron chi connectivity index (χ2n) is 4.38. The Bertz CT molecular complexity index is 913. The van der Waals surface area contributed by atoms with Crippen LogP contribution in [0.25, 0.3) is 10.2 Å². The van der Waals surface area contributed by atoms with Crippen molar-refractivity contribution in [1.82, 2.24) is 9.55 Å². The van der Waals surface area contributed by atoms with E-state index in [2.05, 4.69) is 25.9 Å². The van der Waals surface area contributed by atoms with E-state index < -0.39 is 0 Å². The van der Waals surface area contributed by atoms with E-state index in [1.54, 1.807) is 22.9 Å². The van der Waals surface area contributed by atoms with Crippen molar-refractivity contribution in [3.8, 4) is 0 Å². The summed E-state index contributed by atoms with van der Waals surface area (Å²) >= 11 is 4.82. The standard InChI is InChI=1S/C15H12BrN3OS/c1-2-19-14(20)12-4-3-9-17-13(12)21-15(19)18-11-7-5-10(16)6-8-11/h3-9H,2H2,1H3. The number of benzene rings is 1.